The van der Waals surface area contributed by atoms with Gasteiger partial charge in [-0.3, -0.25) is 14.5 Å². The number of carbonyl (C=O) groups is 2. The van der Waals surface area contributed by atoms with Gasteiger partial charge in [0.2, 0.25) is 0 Å². The molecule has 4 rings (SSSR count). The van der Waals surface area contributed by atoms with Gasteiger partial charge in [0.05, 0.1) is 0 Å². The van der Waals surface area contributed by atoms with E-state index < -0.39 is 5.97 Å². The number of Topliss-reactive ketones (excluding diaryl/α,β-unsaturated/α-hetero) is 1. The van der Waals surface area contributed by atoms with Crippen molar-refractivity contribution >= 4 is 11.8 Å². The standard InChI is InChI=1S/C24H27NO4/c26-23-18(12-14-25-13-4-7-22(25)24(27)28)8-9-19-15-20(10-11-21(19)23)29-16-17-5-2-1-3-6-17/h1-3,5-6,10-11,15,18,22H,4,7-9,12-14,16H2,(H,27,28)/t18?,22-/m0/s1. The number of aryl methyl sites for hydroxylation is 1. The highest BCUT2D eigenvalue weighted by atomic mass is 16.5. The molecule has 0 amide bonds. The van der Waals surface area contributed by atoms with E-state index in [4.69, 9.17) is 4.74 Å². The Morgan fingerprint density at radius 1 is 1.14 bits per heavy atom. The zero-order valence-corrected chi connectivity index (χ0v) is 16.5. The number of carboxylic acids is 1. The van der Waals surface area contributed by atoms with Gasteiger partial charge in [-0.25, -0.2) is 0 Å². The summed E-state index contributed by atoms with van der Waals surface area (Å²) in [5.74, 6) is 0.214. The topological polar surface area (TPSA) is 66.8 Å². The summed E-state index contributed by atoms with van der Waals surface area (Å²) in [6, 6.07) is 15.4. The Morgan fingerprint density at radius 3 is 2.76 bits per heavy atom. The van der Waals surface area contributed by atoms with Crippen LogP contribution in [0.4, 0.5) is 0 Å². The Balaban J connectivity index is 1.36. The first kappa shape index (κ1) is 19.6. The van der Waals surface area contributed by atoms with Crippen LogP contribution in [-0.4, -0.2) is 40.9 Å². The largest absolute Gasteiger partial charge is 0.489 e. The van der Waals surface area contributed by atoms with Gasteiger partial charge in [-0.1, -0.05) is 30.3 Å². The van der Waals surface area contributed by atoms with E-state index >= 15 is 0 Å². The smallest absolute Gasteiger partial charge is 0.320 e. The maximum atomic E-state index is 13.0. The molecule has 0 saturated carbocycles. The summed E-state index contributed by atoms with van der Waals surface area (Å²) in [7, 11) is 0. The Morgan fingerprint density at radius 2 is 1.97 bits per heavy atom. The molecule has 5 nitrogen and oxygen atoms in total. The fourth-order valence-electron chi connectivity index (χ4n) is 4.50. The van der Waals surface area contributed by atoms with Crippen LogP contribution in [0.1, 0.15) is 47.2 Å². The summed E-state index contributed by atoms with van der Waals surface area (Å²) >= 11 is 0. The third-order valence-corrected chi connectivity index (χ3v) is 6.14. The van der Waals surface area contributed by atoms with Crippen LogP contribution in [0.25, 0.3) is 0 Å². The molecule has 1 unspecified atom stereocenters. The summed E-state index contributed by atoms with van der Waals surface area (Å²) in [5, 5.41) is 9.32. The first-order chi connectivity index (χ1) is 14.1. The first-order valence-electron chi connectivity index (χ1n) is 10.4. The molecule has 29 heavy (non-hydrogen) atoms. The van der Waals surface area contributed by atoms with Gasteiger partial charge in [-0.05, 0) is 74.5 Å². The second-order valence-corrected chi connectivity index (χ2v) is 8.01. The van der Waals surface area contributed by atoms with Crippen molar-refractivity contribution in [1.29, 1.82) is 0 Å². The zero-order valence-electron chi connectivity index (χ0n) is 16.5. The normalized spacial score (nSPS) is 21.7. The van der Waals surface area contributed by atoms with E-state index in [0.717, 1.165) is 54.7 Å². The first-order valence-corrected chi connectivity index (χ1v) is 10.4. The average Bonchev–Trinajstić information content (AvgIpc) is 3.21. The second-order valence-electron chi connectivity index (χ2n) is 8.01. The number of hydrogen-bond acceptors (Lipinski definition) is 4. The highest BCUT2D eigenvalue weighted by Gasteiger charge is 2.33. The van der Waals surface area contributed by atoms with Crippen LogP contribution in [-0.2, 0) is 17.8 Å². The number of benzene rings is 2. The van der Waals surface area contributed by atoms with Crippen molar-refractivity contribution < 1.29 is 19.4 Å². The monoisotopic (exact) mass is 393 g/mol. The molecule has 2 aliphatic rings. The van der Waals surface area contributed by atoms with Crippen molar-refractivity contribution in [3.8, 4) is 5.75 Å². The van der Waals surface area contributed by atoms with Crippen LogP contribution in [0.3, 0.4) is 0 Å². The van der Waals surface area contributed by atoms with Crippen molar-refractivity contribution in [3.63, 3.8) is 0 Å². The molecular formula is C24H27NO4. The number of fused-ring (bicyclic) bond motifs is 1. The Bertz CT molecular complexity index is 880. The lowest BCUT2D eigenvalue weighted by molar-refractivity contribution is -0.142. The molecule has 1 fully saturated rings. The van der Waals surface area contributed by atoms with Crippen molar-refractivity contribution in [1.82, 2.24) is 4.90 Å². The molecule has 152 valence electrons. The predicted molar refractivity (Wildman–Crippen MR) is 110 cm³/mol. The maximum Gasteiger partial charge on any atom is 0.320 e. The van der Waals surface area contributed by atoms with E-state index in [1.165, 1.54) is 0 Å². The van der Waals surface area contributed by atoms with Crippen molar-refractivity contribution in [2.75, 3.05) is 13.1 Å². The van der Waals surface area contributed by atoms with E-state index in [0.29, 0.717) is 19.6 Å². The molecule has 1 aliphatic heterocycles. The number of rotatable bonds is 7. The number of nitrogens with zero attached hydrogens (tertiary/aromatic N) is 1. The minimum atomic E-state index is -0.745. The van der Waals surface area contributed by atoms with E-state index in [1.54, 1.807) is 0 Å². The molecule has 1 aliphatic carbocycles. The van der Waals surface area contributed by atoms with Crippen molar-refractivity contribution in [2.45, 2.75) is 44.8 Å². The average molecular weight is 393 g/mol. The number of carboxylic acid groups (broad SMARTS) is 1. The molecule has 5 heteroatoms. The van der Waals surface area contributed by atoms with E-state index in [9.17, 15) is 14.7 Å². The van der Waals surface area contributed by atoms with Crippen LogP contribution >= 0.6 is 0 Å². The van der Waals surface area contributed by atoms with Gasteiger partial charge in [0.25, 0.3) is 0 Å². The number of carbonyl (C=O) groups excluding carboxylic acids is 1. The lowest BCUT2D eigenvalue weighted by Crippen LogP contribution is -2.38. The van der Waals surface area contributed by atoms with Gasteiger partial charge in [-0.15, -0.1) is 0 Å². The highest BCUT2D eigenvalue weighted by Crippen LogP contribution is 2.31. The van der Waals surface area contributed by atoms with Gasteiger partial charge in [0, 0.05) is 11.5 Å². The lowest BCUT2D eigenvalue weighted by atomic mass is 9.81. The lowest BCUT2D eigenvalue weighted by Gasteiger charge is -2.27. The van der Waals surface area contributed by atoms with Gasteiger partial charge >= 0.3 is 5.97 Å². The Hall–Kier alpha value is -2.66. The predicted octanol–water partition coefficient (Wildman–Crippen LogP) is 3.95. The van der Waals surface area contributed by atoms with Gasteiger partial charge < -0.3 is 9.84 Å². The van der Waals surface area contributed by atoms with Crippen LogP contribution < -0.4 is 4.74 Å². The zero-order chi connectivity index (χ0) is 20.2. The molecule has 1 saturated heterocycles. The SMILES string of the molecule is O=C1c2ccc(OCc3ccccc3)cc2CCC1CCN1CCC[C@H]1C(=O)O. The quantitative estimate of drug-likeness (QED) is 0.772. The summed E-state index contributed by atoms with van der Waals surface area (Å²) in [6.07, 6.45) is 4.04. The fourth-order valence-corrected chi connectivity index (χ4v) is 4.50. The van der Waals surface area contributed by atoms with Crippen LogP contribution in [0.2, 0.25) is 0 Å². The number of aliphatic carboxylic acids is 1. The molecule has 0 aromatic heterocycles. The van der Waals surface area contributed by atoms with Gasteiger partial charge in [-0.2, -0.15) is 0 Å². The van der Waals surface area contributed by atoms with Gasteiger partial charge in [0.15, 0.2) is 5.78 Å². The minimum Gasteiger partial charge on any atom is -0.489 e. The summed E-state index contributed by atoms with van der Waals surface area (Å²) in [5.41, 5.74) is 2.97. The summed E-state index contributed by atoms with van der Waals surface area (Å²) in [6.45, 7) is 2.01. The molecule has 2 atom stereocenters. The number of ether oxygens (including phenoxy) is 1. The second kappa shape index (κ2) is 8.78. The summed E-state index contributed by atoms with van der Waals surface area (Å²) < 4.78 is 5.90. The molecule has 2 aromatic carbocycles. The Kier molecular flexibility index (Phi) is 5.95. The maximum absolute atomic E-state index is 13.0. The molecule has 2 aromatic rings. The fraction of sp³-hybridized carbons (Fsp3) is 0.417. The Labute approximate surface area is 171 Å². The highest BCUT2D eigenvalue weighted by molar-refractivity contribution is 6.00. The van der Waals surface area contributed by atoms with Gasteiger partial charge in [0.1, 0.15) is 18.4 Å². The molecule has 1 N–H and O–H groups in total. The number of ketones is 1. The van der Waals surface area contributed by atoms with Crippen molar-refractivity contribution in [2.24, 2.45) is 5.92 Å². The molecular weight excluding hydrogens is 366 g/mol. The molecule has 1 heterocycles. The third-order valence-electron chi connectivity index (χ3n) is 6.14. The van der Waals surface area contributed by atoms with Crippen LogP contribution in [0.5, 0.6) is 5.75 Å². The summed E-state index contributed by atoms with van der Waals surface area (Å²) in [4.78, 5) is 26.3. The van der Waals surface area contributed by atoms with Crippen molar-refractivity contribution in [3.05, 3.63) is 65.2 Å². The van der Waals surface area contributed by atoms with Crippen LogP contribution in [0.15, 0.2) is 48.5 Å². The van der Waals surface area contributed by atoms with E-state index in [2.05, 4.69) is 0 Å². The third kappa shape index (κ3) is 4.51. The number of hydrogen-bond donors (Lipinski definition) is 1. The van der Waals surface area contributed by atoms with Crippen LogP contribution in [0, 0.1) is 5.92 Å². The molecule has 0 bridgehead atoms. The number of likely N-dealkylation sites (tertiary alicyclic amines) is 1. The minimum absolute atomic E-state index is 0.0198. The molecule has 0 spiro atoms. The van der Waals surface area contributed by atoms with E-state index in [1.807, 2.05) is 53.4 Å². The van der Waals surface area contributed by atoms with E-state index in [-0.39, 0.29) is 17.7 Å². The molecule has 0 radical (unpaired) electrons.